The minimum atomic E-state index is -0.907. The van der Waals surface area contributed by atoms with Crippen molar-refractivity contribution in [2.24, 2.45) is 5.92 Å². The molecule has 0 aliphatic carbocycles. The summed E-state index contributed by atoms with van der Waals surface area (Å²) in [5, 5.41) is 11.9. The van der Waals surface area contributed by atoms with Gasteiger partial charge in [-0.3, -0.25) is 4.79 Å². The van der Waals surface area contributed by atoms with Crippen LogP contribution in [-0.4, -0.2) is 18.1 Å². The molecule has 0 saturated carbocycles. The van der Waals surface area contributed by atoms with E-state index in [1.54, 1.807) is 31.2 Å². The molecule has 0 aliphatic heterocycles. The fraction of sp³-hybridized carbons (Fsp3) is 0.333. The number of nitriles is 1. The summed E-state index contributed by atoms with van der Waals surface area (Å²) in [5.74, 6) is 0.961. The van der Waals surface area contributed by atoms with Crippen LogP contribution in [0, 0.1) is 17.2 Å². The first kappa shape index (κ1) is 19.3. The Morgan fingerprint density at radius 1 is 1.08 bits per heavy atom. The van der Waals surface area contributed by atoms with Gasteiger partial charge in [0.1, 0.15) is 23.6 Å². The molecule has 1 amide bonds. The van der Waals surface area contributed by atoms with Gasteiger partial charge in [0, 0.05) is 0 Å². The first-order chi connectivity index (χ1) is 12.4. The number of ether oxygens (including phenoxy) is 2. The van der Waals surface area contributed by atoms with Crippen molar-refractivity contribution < 1.29 is 14.3 Å². The van der Waals surface area contributed by atoms with Crippen molar-refractivity contribution in [3.05, 3.63) is 60.2 Å². The van der Waals surface area contributed by atoms with E-state index in [-0.39, 0.29) is 18.4 Å². The van der Waals surface area contributed by atoms with Crippen LogP contribution in [0.15, 0.2) is 54.6 Å². The van der Waals surface area contributed by atoms with Crippen LogP contribution < -0.4 is 14.8 Å². The van der Waals surface area contributed by atoms with E-state index in [4.69, 9.17) is 9.47 Å². The largest absolute Gasteiger partial charge is 0.489 e. The van der Waals surface area contributed by atoms with Gasteiger partial charge in [-0.1, -0.05) is 44.2 Å². The molecule has 5 nitrogen and oxygen atoms in total. The summed E-state index contributed by atoms with van der Waals surface area (Å²) >= 11 is 0. The third kappa shape index (κ3) is 5.52. The number of benzene rings is 2. The van der Waals surface area contributed by atoms with Gasteiger partial charge in [-0.15, -0.1) is 0 Å². The quantitative estimate of drug-likeness (QED) is 0.786. The van der Waals surface area contributed by atoms with Gasteiger partial charge in [0.05, 0.1) is 6.07 Å². The predicted octanol–water partition coefficient (Wildman–Crippen LogP) is 3.70. The highest BCUT2D eigenvalue weighted by atomic mass is 16.5. The zero-order chi connectivity index (χ0) is 19.0. The minimum Gasteiger partial charge on any atom is -0.489 e. The summed E-state index contributed by atoms with van der Waals surface area (Å²) < 4.78 is 11.2. The Labute approximate surface area is 154 Å². The lowest BCUT2D eigenvalue weighted by Crippen LogP contribution is -2.50. The van der Waals surface area contributed by atoms with Crippen LogP contribution >= 0.6 is 0 Å². The summed E-state index contributed by atoms with van der Waals surface area (Å²) in [6.45, 7) is 5.82. The SMILES string of the molecule is CC(C)C(C)(C#N)NC(=O)COc1ccc(OCc2ccccc2)cc1. The van der Waals surface area contributed by atoms with Crippen LogP contribution in [0.5, 0.6) is 11.5 Å². The number of rotatable bonds is 8. The van der Waals surface area contributed by atoms with Gasteiger partial charge in [-0.2, -0.15) is 5.26 Å². The molecule has 2 rings (SSSR count). The molecule has 5 heteroatoms. The zero-order valence-corrected chi connectivity index (χ0v) is 15.4. The van der Waals surface area contributed by atoms with Crippen molar-refractivity contribution in [2.75, 3.05) is 6.61 Å². The minimum absolute atomic E-state index is 0.00232. The van der Waals surface area contributed by atoms with E-state index < -0.39 is 5.54 Å². The monoisotopic (exact) mass is 352 g/mol. The Morgan fingerprint density at radius 2 is 1.65 bits per heavy atom. The number of amides is 1. The van der Waals surface area contributed by atoms with Crippen LogP contribution in [0.1, 0.15) is 26.3 Å². The first-order valence-corrected chi connectivity index (χ1v) is 8.55. The third-order valence-corrected chi connectivity index (χ3v) is 4.23. The molecule has 0 bridgehead atoms. The Balaban J connectivity index is 1.82. The van der Waals surface area contributed by atoms with E-state index in [1.807, 2.05) is 44.2 Å². The molecule has 0 spiro atoms. The highest BCUT2D eigenvalue weighted by Gasteiger charge is 2.29. The van der Waals surface area contributed by atoms with Gasteiger partial charge in [0.15, 0.2) is 6.61 Å². The second-order valence-electron chi connectivity index (χ2n) is 6.55. The Hall–Kier alpha value is -3.00. The van der Waals surface area contributed by atoms with Crippen molar-refractivity contribution in [2.45, 2.75) is 32.9 Å². The second-order valence-corrected chi connectivity index (χ2v) is 6.55. The average molecular weight is 352 g/mol. The molecule has 136 valence electrons. The molecular formula is C21H24N2O3. The maximum absolute atomic E-state index is 12.0. The normalized spacial score (nSPS) is 12.7. The highest BCUT2D eigenvalue weighted by molar-refractivity contribution is 5.78. The Bertz CT molecular complexity index is 751. The fourth-order valence-electron chi connectivity index (χ4n) is 2.15. The van der Waals surface area contributed by atoms with Gasteiger partial charge >= 0.3 is 0 Å². The van der Waals surface area contributed by atoms with Crippen LogP contribution in [0.2, 0.25) is 0 Å². The van der Waals surface area contributed by atoms with E-state index in [2.05, 4.69) is 11.4 Å². The number of hydrogen-bond donors (Lipinski definition) is 1. The highest BCUT2D eigenvalue weighted by Crippen LogP contribution is 2.19. The van der Waals surface area contributed by atoms with Crippen molar-refractivity contribution in [1.82, 2.24) is 5.32 Å². The van der Waals surface area contributed by atoms with Gasteiger partial charge in [0.25, 0.3) is 5.91 Å². The maximum atomic E-state index is 12.0. The van der Waals surface area contributed by atoms with Gasteiger partial charge in [0.2, 0.25) is 0 Å². The fourth-order valence-corrected chi connectivity index (χ4v) is 2.15. The van der Waals surface area contributed by atoms with E-state index in [0.29, 0.717) is 12.4 Å². The second kappa shape index (κ2) is 8.91. The molecule has 0 radical (unpaired) electrons. The lowest BCUT2D eigenvalue weighted by atomic mass is 9.90. The zero-order valence-electron chi connectivity index (χ0n) is 15.4. The molecular weight excluding hydrogens is 328 g/mol. The summed E-state index contributed by atoms with van der Waals surface area (Å²) in [4.78, 5) is 12.0. The molecule has 2 aromatic rings. The van der Waals surface area contributed by atoms with Crippen molar-refractivity contribution in [3.8, 4) is 17.6 Å². The molecule has 0 fully saturated rings. The van der Waals surface area contributed by atoms with E-state index >= 15 is 0 Å². The number of nitrogens with one attached hydrogen (secondary N) is 1. The first-order valence-electron chi connectivity index (χ1n) is 8.55. The molecule has 0 aliphatic rings. The molecule has 26 heavy (non-hydrogen) atoms. The standard InChI is InChI=1S/C21H24N2O3/c1-16(2)21(3,15-22)23-20(24)14-26-19-11-9-18(10-12-19)25-13-17-7-5-4-6-8-17/h4-12,16H,13-14H2,1-3H3,(H,23,24). The van der Waals surface area contributed by atoms with Gasteiger partial charge in [-0.05, 0) is 42.7 Å². The van der Waals surface area contributed by atoms with Crippen molar-refractivity contribution >= 4 is 5.91 Å². The summed E-state index contributed by atoms with van der Waals surface area (Å²) in [6.07, 6.45) is 0. The molecule has 0 heterocycles. The number of carbonyl (C=O) groups is 1. The average Bonchev–Trinajstić information content (AvgIpc) is 2.66. The lowest BCUT2D eigenvalue weighted by molar-refractivity contribution is -0.124. The van der Waals surface area contributed by atoms with E-state index in [9.17, 15) is 10.1 Å². The van der Waals surface area contributed by atoms with Crippen molar-refractivity contribution in [3.63, 3.8) is 0 Å². The number of nitrogens with zero attached hydrogens (tertiary/aromatic N) is 1. The van der Waals surface area contributed by atoms with Crippen molar-refractivity contribution in [1.29, 1.82) is 5.26 Å². The van der Waals surface area contributed by atoms with Crippen LogP contribution in [0.3, 0.4) is 0 Å². The molecule has 1 unspecified atom stereocenters. The molecule has 1 N–H and O–H groups in total. The number of hydrogen-bond acceptors (Lipinski definition) is 4. The maximum Gasteiger partial charge on any atom is 0.259 e. The Kier molecular flexibility index (Phi) is 6.62. The third-order valence-electron chi connectivity index (χ3n) is 4.23. The van der Waals surface area contributed by atoms with Crippen LogP contribution in [-0.2, 0) is 11.4 Å². The van der Waals surface area contributed by atoms with Crippen LogP contribution in [0.4, 0.5) is 0 Å². The van der Waals surface area contributed by atoms with E-state index in [0.717, 1.165) is 11.3 Å². The van der Waals surface area contributed by atoms with Gasteiger partial charge in [-0.25, -0.2) is 0 Å². The molecule has 0 aromatic heterocycles. The molecule has 0 saturated heterocycles. The number of carbonyl (C=O) groups excluding carboxylic acids is 1. The van der Waals surface area contributed by atoms with E-state index in [1.165, 1.54) is 0 Å². The summed E-state index contributed by atoms with van der Waals surface area (Å²) in [5.41, 5.74) is 0.186. The predicted molar refractivity (Wildman–Crippen MR) is 99.7 cm³/mol. The lowest BCUT2D eigenvalue weighted by Gasteiger charge is -2.27. The van der Waals surface area contributed by atoms with Gasteiger partial charge < -0.3 is 14.8 Å². The summed E-state index contributed by atoms with van der Waals surface area (Å²) in [7, 11) is 0. The summed E-state index contributed by atoms with van der Waals surface area (Å²) in [6, 6.07) is 19.1. The topological polar surface area (TPSA) is 71.4 Å². The molecule has 2 aromatic carbocycles. The smallest absolute Gasteiger partial charge is 0.259 e. The van der Waals surface area contributed by atoms with Crippen LogP contribution in [0.25, 0.3) is 0 Å². The molecule has 1 atom stereocenters. The Morgan fingerprint density at radius 3 is 2.19 bits per heavy atom.